The van der Waals surface area contributed by atoms with Crippen LogP contribution in [0.3, 0.4) is 0 Å². The first-order chi connectivity index (χ1) is 16.1. The number of nitrogens with one attached hydrogen (secondary N) is 1. The van der Waals surface area contributed by atoms with Crippen LogP contribution in [0.1, 0.15) is 25.0 Å². The molecule has 0 saturated carbocycles. The number of fused-ring (bicyclic) bond motifs is 3. The lowest BCUT2D eigenvalue weighted by Gasteiger charge is -2.30. The number of ether oxygens (including phenoxy) is 2. The van der Waals surface area contributed by atoms with Crippen molar-refractivity contribution in [3.05, 3.63) is 58.0 Å². The molecule has 0 radical (unpaired) electrons. The van der Waals surface area contributed by atoms with E-state index in [1.165, 1.54) is 13.4 Å². The largest absolute Gasteiger partial charge is 0.507 e. The molecule has 0 atom stereocenters. The lowest BCUT2D eigenvalue weighted by Crippen LogP contribution is -2.29. The molecule has 1 amide bonds. The fraction of sp³-hybridized carbons (Fsp3) is 0.308. The second kappa shape index (κ2) is 8.87. The van der Waals surface area contributed by atoms with Gasteiger partial charge in [-0.05, 0) is 64.2 Å². The molecule has 8 heteroatoms. The van der Waals surface area contributed by atoms with Gasteiger partial charge >= 0.3 is 6.09 Å². The van der Waals surface area contributed by atoms with E-state index in [0.29, 0.717) is 46.7 Å². The molecule has 1 aliphatic rings. The molecule has 2 aromatic carbocycles. The van der Waals surface area contributed by atoms with E-state index >= 15 is 0 Å². The van der Waals surface area contributed by atoms with E-state index < -0.39 is 11.7 Å². The summed E-state index contributed by atoms with van der Waals surface area (Å²) in [6, 6.07) is 6.70. The van der Waals surface area contributed by atoms with Gasteiger partial charge in [0.2, 0.25) is 5.43 Å². The molecular weight excluding hydrogens is 436 g/mol. The van der Waals surface area contributed by atoms with Gasteiger partial charge in [-0.2, -0.15) is 0 Å². The molecule has 0 bridgehead atoms. The number of hydrogen-bond donors (Lipinski definition) is 2. The van der Waals surface area contributed by atoms with Gasteiger partial charge in [0.15, 0.2) is 5.58 Å². The summed E-state index contributed by atoms with van der Waals surface area (Å²) >= 11 is 0. The van der Waals surface area contributed by atoms with Gasteiger partial charge in [0, 0.05) is 17.8 Å². The van der Waals surface area contributed by atoms with Crippen LogP contribution in [0.2, 0.25) is 0 Å². The van der Waals surface area contributed by atoms with Crippen LogP contribution in [-0.4, -0.2) is 49.5 Å². The Kier molecular flexibility index (Phi) is 6.10. The van der Waals surface area contributed by atoms with Crippen molar-refractivity contribution in [2.24, 2.45) is 0 Å². The highest BCUT2D eigenvalue weighted by molar-refractivity contribution is 5.97. The highest BCUT2D eigenvalue weighted by Gasteiger charge is 2.30. The highest BCUT2D eigenvalue weighted by Crippen LogP contribution is 2.44. The van der Waals surface area contributed by atoms with Crippen molar-refractivity contribution in [1.82, 2.24) is 4.90 Å². The number of carbonyl (C=O) groups excluding carboxylic acids is 1. The van der Waals surface area contributed by atoms with E-state index in [4.69, 9.17) is 9.15 Å². The zero-order chi connectivity index (χ0) is 24.6. The van der Waals surface area contributed by atoms with Crippen molar-refractivity contribution in [3.8, 4) is 22.6 Å². The Bertz CT molecular complexity index is 1340. The third-order valence-electron chi connectivity index (χ3n) is 5.73. The number of benzene rings is 2. The fourth-order valence-corrected chi connectivity index (χ4v) is 3.92. The van der Waals surface area contributed by atoms with E-state index in [-0.39, 0.29) is 22.1 Å². The number of amides is 1. The number of anilines is 1. The van der Waals surface area contributed by atoms with Crippen molar-refractivity contribution in [2.75, 3.05) is 33.1 Å². The molecule has 0 aliphatic carbocycles. The predicted molar refractivity (Wildman–Crippen MR) is 132 cm³/mol. The van der Waals surface area contributed by atoms with Crippen LogP contribution < -0.4 is 15.5 Å². The van der Waals surface area contributed by atoms with E-state index in [0.717, 1.165) is 0 Å². The monoisotopic (exact) mass is 464 g/mol. The van der Waals surface area contributed by atoms with Crippen LogP contribution in [0.25, 0.3) is 28.2 Å². The normalized spacial score (nSPS) is 14.1. The lowest BCUT2D eigenvalue weighted by atomic mass is 9.94. The maximum Gasteiger partial charge on any atom is 0.411 e. The first kappa shape index (κ1) is 23.4. The number of phenols is 1. The van der Waals surface area contributed by atoms with Crippen LogP contribution >= 0.6 is 0 Å². The number of carbonyl (C=O) groups is 1. The van der Waals surface area contributed by atoms with Crippen molar-refractivity contribution in [3.63, 3.8) is 0 Å². The number of rotatable bonds is 5. The predicted octanol–water partition coefficient (Wildman–Crippen LogP) is 4.63. The van der Waals surface area contributed by atoms with Crippen molar-refractivity contribution < 1.29 is 23.8 Å². The summed E-state index contributed by atoms with van der Waals surface area (Å²) in [5.41, 5.74) is 2.01. The molecular formula is C26H28N2O6. The molecule has 2 N–H and O–H groups in total. The smallest absolute Gasteiger partial charge is 0.411 e. The number of hydrogen-bond acceptors (Lipinski definition) is 7. The summed E-state index contributed by atoms with van der Waals surface area (Å²) in [7, 11) is 5.17. The molecule has 4 rings (SSSR count). The number of likely N-dealkylation sites (N-methyl/N-ethyl adjacent to an activating group) is 1. The first-order valence-corrected chi connectivity index (χ1v) is 10.9. The van der Waals surface area contributed by atoms with Crippen LogP contribution in [0.15, 0.2) is 45.8 Å². The molecule has 0 unspecified atom stereocenters. The van der Waals surface area contributed by atoms with E-state index in [9.17, 15) is 14.7 Å². The first-order valence-electron chi connectivity index (χ1n) is 10.9. The SMILES string of the molecule is COC(=O)Nc1ccc(-c2coc3c4c(c(CCN(C)C)c(O)c3c2=O)OC(C)(C)C=C4)cc1. The molecule has 0 spiro atoms. The standard InChI is InChI=1S/C26H28N2O6/c1-26(2)12-10-18-23(34-26)17(11-13-28(3)4)21(29)20-22(30)19(14-33-24(18)20)15-6-8-16(9-7-15)27-25(31)32-5/h6-10,12,14,29H,11,13H2,1-5H3,(H,27,31). The summed E-state index contributed by atoms with van der Waals surface area (Å²) < 4.78 is 16.7. The molecule has 34 heavy (non-hydrogen) atoms. The minimum Gasteiger partial charge on any atom is -0.507 e. The van der Waals surface area contributed by atoms with Crippen LogP contribution in [0.4, 0.5) is 10.5 Å². The maximum atomic E-state index is 13.6. The van der Waals surface area contributed by atoms with Gasteiger partial charge < -0.3 is 23.9 Å². The summed E-state index contributed by atoms with van der Waals surface area (Å²) in [6.07, 6.45) is 5.09. The summed E-state index contributed by atoms with van der Waals surface area (Å²) in [4.78, 5) is 27.0. The van der Waals surface area contributed by atoms with Gasteiger partial charge in [0.25, 0.3) is 0 Å². The van der Waals surface area contributed by atoms with Crippen LogP contribution in [-0.2, 0) is 11.2 Å². The molecule has 2 heterocycles. The Labute approximate surface area is 197 Å². The summed E-state index contributed by atoms with van der Waals surface area (Å²) in [5.74, 6) is 0.412. The zero-order valence-corrected chi connectivity index (χ0v) is 19.9. The number of nitrogens with zero attached hydrogens (tertiary/aromatic N) is 1. The molecule has 0 saturated heterocycles. The second-order valence-corrected chi connectivity index (χ2v) is 9.04. The molecule has 3 aromatic rings. The van der Waals surface area contributed by atoms with Gasteiger partial charge in [-0.25, -0.2) is 4.79 Å². The van der Waals surface area contributed by atoms with Crippen LogP contribution in [0.5, 0.6) is 11.5 Å². The Morgan fingerprint density at radius 1 is 1.21 bits per heavy atom. The van der Waals surface area contributed by atoms with Gasteiger partial charge in [-0.1, -0.05) is 12.1 Å². The Morgan fingerprint density at radius 2 is 1.91 bits per heavy atom. The third-order valence-corrected chi connectivity index (χ3v) is 5.73. The van der Waals surface area contributed by atoms with E-state index in [2.05, 4.69) is 10.1 Å². The number of aromatic hydroxyl groups is 1. The summed E-state index contributed by atoms with van der Waals surface area (Å²) in [5, 5.41) is 14.0. The zero-order valence-electron chi connectivity index (χ0n) is 19.9. The highest BCUT2D eigenvalue weighted by atomic mass is 16.5. The van der Waals surface area contributed by atoms with Crippen molar-refractivity contribution >= 4 is 28.8 Å². The molecule has 1 aliphatic heterocycles. The Morgan fingerprint density at radius 3 is 2.56 bits per heavy atom. The van der Waals surface area contributed by atoms with E-state index in [1.54, 1.807) is 24.3 Å². The minimum atomic E-state index is -0.587. The van der Waals surface area contributed by atoms with Gasteiger partial charge in [-0.3, -0.25) is 10.1 Å². The average Bonchev–Trinajstić information content (AvgIpc) is 2.78. The Hall–Kier alpha value is -3.78. The fourth-order valence-electron chi connectivity index (χ4n) is 3.92. The summed E-state index contributed by atoms with van der Waals surface area (Å²) in [6.45, 7) is 4.53. The third kappa shape index (κ3) is 4.36. The molecule has 1 aromatic heterocycles. The molecule has 178 valence electrons. The number of phenolic OH excluding ortho intramolecular Hbond substituents is 1. The van der Waals surface area contributed by atoms with Crippen molar-refractivity contribution in [2.45, 2.75) is 25.9 Å². The van der Waals surface area contributed by atoms with E-state index in [1.807, 2.05) is 45.0 Å². The lowest BCUT2D eigenvalue weighted by molar-refractivity contribution is 0.156. The second-order valence-electron chi connectivity index (χ2n) is 9.04. The average molecular weight is 465 g/mol. The molecule has 0 fully saturated rings. The minimum absolute atomic E-state index is 0.120. The topological polar surface area (TPSA) is 101 Å². The quantitative estimate of drug-likeness (QED) is 0.568. The maximum absolute atomic E-state index is 13.6. The van der Waals surface area contributed by atoms with Crippen molar-refractivity contribution in [1.29, 1.82) is 0 Å². The Balaban J connectivity index is 1.87. The van der Waals surface area contributed by atoms with Gasteiger partial charge in [0.05, 0.1) is 18.2 Å². The van der Waals surface area contributed by atoms with Gasteiger partial charge in [-0.15, -0.1) is 0 Å². The number of methoxy groups -OCH3 is 1. The van der Waals surface area contributed by atoms with Gasteiger partial charge in [0.1, 0.15) is 28.7 Å². The van der Waals surface area contributed by atoms with Crippen LogP contribution in [0, 0.1) is 0 Å². The molecule has 8 nitrogen and oxygen atoms in total.